The molecule has 0 radical (unpaired) electrons. The molecule has 0 bridgehead atoms. The molecule has 11 heteroatoms. The summed E-state index contributed by atoms with van der Waals surface area (Å²) in [5.74, 6) is -0.277. The van der Waals surface area contributed by atoms with Gasteiger partial charge in [0.05, 0.1) is 25.9 Å². The van der Waals surface area contributed by atoms with Gasteiger partial charge in [0.1, 0.15) is 17.0 Å². The molecule has 0 aliphatic carbocycles. The monoisotopic (exact) mass is 489 g/mol. The molecule has 184 valence electrons. The Bertz CT molecular complexity index is 1540. The lowest BCUT2D eigenvalue weighted by molar-refractivity contribution is 0.0720. The van der Waals surface area contributed by atoms with Gasteiger partial charge < -0.3 is 30.0 Å². The second-order valence-electron chi connectivity index (χ2n) is 8.62. The number of fused-ring (bicyclic) bond motifs is 2. The summed E-state index contributed by atoms with van der Waals surface area (Å²) in [7, 11) is 2.77. The second kappa shape index (κ2) is 8.88. The summed E-state index contributed by atoms with van der Waals surface area (Å²) in [5.41, 5.74) is 7.99. The Hall–Kier alpha value is -4.59. The molecule has 1 aliphatic heterocycles. The fourth-order valence-corrected chi connectivity index (χ4v) is 4.59. The van der Waals surface area contributed by atoms with E-state index < -0.39 is 5.82 Å². The third-order valence-electron chi connectivity index (χ3n) is 6.45. The summed E-state index contributed by atoms with van der Waals surface area (Å²) in [4.78, 5) is 28.9. The first-order valence-electron chi connectivity index (χ1n) is 11.3. The van der Waals surface area contributed by atoms with E-state index >= 15 is 4.39 Å². The van der Waals surface area contributed by atoms with Crippen LogP contribution in [0.1, 0.15) is 23.0 Å². The number of carbonyl (C=O) groups is 1. The van der Waals surface area contributed by atoms with Gasteiger partial charge in [0.15, 0.2) is 17.3 Å². The normalized spacial score (nSPS) is 15.8. The fraction of sp³-hybridized carbons (Fsp3) is 0.280. The number of nitrogens with zero attached hydrogens (tertiary/aromatic N) is 5. The average molecular weight is 490 g/mol. The van der Waals surface area contributed by atoms with Gasteiger partial charge >= 0.3 is 0 Å². The molecule has 10 nitrogen and oxygen atoms in total. The van der Waals surface area contributed by atoms with Gasteiger partial charge in [0.25, 0.3) is 5.91 Å². The molecule has 0 unspecified atom stereocenters. The number of nitrogens with two attached hydrogens (primary N) is 1. The molecule has 3 heterocycles. The van der Waals surface area contributed by atoms with Crippen LogP contribution in [0.15, 0.2) is 30.3 Å². The van der Waals surface area contributed by atoms with E-state index in [2.05, 4.69) is 21.0 Å². The van der Waals surface area contributed by atoms with Gasteiger partial charge in [0.2, 0.25) is 5.95 Å². The summed E-state index contributed by atoms with van der Waals surface area (Å²) in [5, 5.41) is 10.2. The maximum absolute atomic E-state index is 15.2. The van der Waals surface area contributed by atoms with Crippen LogP contribution in [0.25, 0.3) is 21.8 Å². The quantitative estimate of drug-likeness (QED) is 0.447. The third kappa shape index (κ3) is 3.76. The number of aromatic nitrogens is 3. The fourth-order valence-electron chi connectivity index (χ4n) is 4.59. The first-order valence-corrected chi connectivity index (χ1v) is 11.3. The highest BCUT2D eigenvalue weighted by Crippen LogP contribution is 2.37. The summed E-state index contributed by atoms with van der Waals surface area (Å²) in [6.45, 7) is 3.20. The van der Waals surface area contributed by atoms with Crippen molar-refractivity contribution in [2.75, 3.05) is 44.5 Å². The largest absolute Gasteiger partial charge is 0.493 e. The Balaban J connectivity index is 1.40. The predicted molar refractivity (Wildman–Crippen MR) is 133 cm³/mol. The molecule has 1 saturated heterocycles. The number of hydrogen-bond donors (Lipinski definition) is 2. The highest BCUT2D eigenvalue weighted by Gasteiger charge is 2.30. The SMILES string of the molecule is COc1cc2c(N)nc(N3CCN(C(=O)c4cc5cc(C#N)ccc5[nH]4)C[C@@H]3C)nc2c(F)c1OC. The summed E-state index contributed by atoms with van der Waals surface area (Å²) in [6.07, 6.45) is 0. The Morgan fingerprint density at radius 1 is 1.22 bits per heavy atom. The highest BCUT2D eigenvalue weighted by atomic mass is 19.1. The lowest BCUT2D eigenvalue weighted by Crippen LogP contribution is -2.54. The number of anilines is 2. The van der Waals surface area contributed by atoms with Crippen LogP contribution in [0.4, 0.5) is 16.2 Å². The number of H-pyrrole nitrogens is 1. The summed E-state index contributed by atoms with van der Waals surface area (Å²) in [6, 6.07) is 10.5. The van der Waals surface area contributed by atoms with Crippen LogP contribution in [-0.4, -0.2) is 65.7 Å². The molecule has 3 N–H and O–H groups in total. The van der Waals surface area contributed by atoms with Crippen molar-refractivity contribution in [1.29, 1.82) is 5.26 Å². The van der Waals surface area contributed by atoms with E-state index in [1.54, 1.807) is 35.2 Å². The topological polar surface area (TPSA) is 133 Å². The number of hydrogen-bond acceptors (Lipinski definition) is 8. The van der Waals surface area contributed by atoms with Crippen molar-refractivity contribution in [3.63, 3.8) is 0 Å². The molecule has 0 spiro atoms. The molecule has 0 saturated carbocycles. The number of benzene rings is 2. The van der Waals surface area contributed by atoms with E-state index in [0.717, 1.165) is 10.9 Å². The molecular weight excluding hydrogens is 465 g/mol. The maximum atomic E-state index is 15.2. The van der Waals surface area contributed by atoms with Crippen LogP contribution in [-0.2, 0) is 0 Å². The van der Waals surface area contributed by atoms with Crippen molar-refractivity contribution in [3.05, 3.63) is 47.4 Å². The molecule has 36 heavy (non-hydrogen) atoms. The predicted octanol–water partition coefficient (Wildman–Crippen LogP) is 3.07. The first-order chi connectivity index (χ1) is 17.3. The maximum Gasteiger partial charge on any atom is 0.270 e. The van der Waals surface area contributed by atoms with Gasteiger partial charge in [-0.3, -0.25) is 4.79 Å². The number of nitriles is 1. The Morgan fingerprint density at radius 3 is 2.72 bits per heavy atom. The molecule has 1 amide bonds. The molecule has 2 aromatic carbocycles. The van der Waals surface area contributed by atoms with E-state index in [4.69, 9.17) is 20.5 Å². The van der Waals surface area contributed by atoms with Crippen molar-refractivity contribution in [1.82, 2.24) is 19.9 Å². The number of nitrogens with one attached hydrogen (secondary N) is 1. The number of methoxy groups -OCH3 is 2. The Labute approximate surface area is 206 Å². The van der Waals surface area contributed by atoms with Crippen LogP contribution < -0.4 is 20.1 Å². The Kier molecular flexibility index (Phi) is 5.72. The number of halogens is 1. The number of carbonyl (C=O) groups excluding carboxylic acids is 1. The zero-order valence-corrected chi connectivity index (χ0v) is 20.0. The average Bonchev–Trinajstić information content (AvgIpc) is 3.31. The van der Waals surface area contributed by atoms with Gasteiger partial charge in [-0.2, -0.15) is 10.2 Å². The zero-order valence-electron chi connectivity index (χ0n) is 20.0. The van der Waals surface area contributed by atoms with Crippen molar-refractivity contribution in [3.8, 4) is 17.6 Å². The lowest BCUT2D eigenvalue weighted by Gasteiger charge is -2.39. The summed E-state index contributed by atoms with van der Waals surface area (Å²) >= 11 is 0. The van der Waals surface area contributed by atoms with Gasteiger partial charge in [0, 0.05) is 42.0 Å². The third-order valence-corrected chi connectivity index (χ3v) is 6.45. The van der Waals surface area contributed by atoms with E-state index in [-0.39, 0.29) is 40.7 Å². The molecule has 4 aromatic rings. The van der Waals surface area contributed by atoms with Crippen LogP contribution in [0.3, 0.4) is 0 Å². The molecule has 1 fully saturated rings. The van der Waals surface area contributed by atoms with Gasteiger partial charge in [-0.05, 0) is 37.3 Å². The van der Waals surface area contributed by atoms with Gasteiger partial charge in [-0.15, -0.1) is 0 Å². The minimum absolute atomic E-state index is 0.0377. The zero-order chi connectivity index (χ0) is 25.6. The molecule has 1 atom stereocenters. The molecular formula is C25H24FN7O3. The smallest absolute Gasteiger partial charge is 0.270 e. The first kappa shape index (κ1) is 23.2. The van der Waals surface area contributed by atoms with Gasteiger partial charge in [-0.25, -0.2) is 9.37 Å². The van der Waals surface area contributed by atoms with Crippen LogP contribution in [0.2, 0.25) is 0 Å². The van der Waals surface area contributed by atoms with Crippen LogP contribution in [0.5, 0.6) is 11.5 Å². The molecule has 1 aliphatic rings. The van der Waals surface area contributed by atoms with Crippen molar-refractivity contribution in [2.45, 2.75) is 13.0 Å². The Morgan fingerprint density at radius 2 is 2.03 bits per heavy atom. The number of rotatable bonds is 4. The number of ether oxygens (including phenoxy) is 2. The number of aromatic amines is 1. The van der Waals surface area contributed by atoms with Crippen molar-refractivity contribution < 1.29 is 18.7 Å². The number of piperazine rings is 1. The molecule has 2 aromatic heterocycles. The van der Waals surface area contributed by atoms with E-state index in [0.29, 0.717) is 36.3 Å². The number of amides is 1. The second-order valence-corrected chi connectivity index (χ2v) is 8.62. The number of nitrogen functional groups attached to an aromatic ring is 1. The highest BCUT2D eigenvalue weighted by molar-refractivity contribution is 5.98. The lowest BCUT2D eigenvalue weighted by atomic mass is 10.1. The minimum Gasteiger partial charge on any atom is -0.493 e. The van der Waals surface area contributed by atoms with E-state index in [9.17, 15) is 4.79 Å². The minimum atomic E-state index is -0.679. The van der Waals surface area contributed by atoms with Crippen molar-refractivity contribution in [2.24, 2.45) is 0 Å². The van der Waals surface area contributed by atoms with Crippen LogP contribution in [0, 0.1) is 17.1 Å². The van der Waals surface area contributed by atoms with E-state index in [1.807, 2.05) is 11.8 Å². The standard InChI is InChI=1S/C25H24FN7O3/c1-13-12-32(24(34)18-9-15-8-14(11-27)4-5-17(15)29-18)6-7-33(13)25-30-21-16(23(28)31-25)10-19(35-2)22(36-3)20(21)26/h4-5,8-10,13,29H,6-7,12H2,1-3H3,(H2,28,30,31)/t13-/m0/s1. The van der Waals surface area contributed by atoms with Gasteiger partial charge in [-0.1, -0.05) is 0 Å². The van der Waals surface area contributed by atoms with Crippen LogP contribution >= 0.6 is 0 Å². The summed E-state index contributed by atoms with van der Waals surface area (Å²) < 4.78 is 25.6. The van der Waals surface area contributed by atoms with E-state index in [1.165, 1.54) is 14.2 Å². The molecule has 5 rings (SSSR count). The van der Waals surface area contributed by atoms with Crippen molar-refractivity contribution >= 4 is 39.5 Å².